The predicted molar refractivity (Wildman–Crippen MR) is 66.4 cm³/mol. The number of rotatable bonds is 3. The monoisotopic (exact) mass is 294 g/mol. The summed E-state index contributed by atoms with van der Waals surface area (Å²) in [5.74, 6) is -0.148. The SMILES string of the molecule is Cc1[nH]ncc1CNC(=O)c1ccc(Br)nc1. The van der Waals surface area contributed by atoms with Crippen molar-refractivity contribution in [3.63, 3.8) is 0 Å². The highest BCUT2D eigenvalue weighted by Crippen LogP contribution is 2.07. The van der Waals surface area contributed by atoms with Gasteiger partial charge in [0, 0.05) is 24.0 Å². The van der Waals surface area contributed by atoms with Gasteiger partial charge in [-0.1, -0.05) is 0 Å². The van der Waals surface area contributed by atoms with E-state index in [1.54, 1.807) is 18.3 Å². The van der Waals surface area contributed by atoms with Crippen LogP contribution in [0.2, 0.25) is 0 Å². The van der Waals surface area contributed by atoms with Crippen LogP contribution in [0.3, 0.4) is 0 Å². The number of amides is 1. The lowest BCUT2D eigenvalue weighted by Crippen LogP contribution is -2.23. The quantitative estimate of drug-likeness (QED) is 0.848. The Kier molecular flexibility index (Phi) is 3.53. The van der Waals surface area contributed by atoms with Crippen molar-refractivity contribution in [3.8, 4) is 0 Å². The summed E-state index contributed by atoms with van der Waals surface area (Å²) in [5, 5.41) is 9.52. The van der Waals surface area contributed by atoms with Crippen molar-refractivity contribution in [2.75, 3.05) is 0 Å². The number of nitrogens with one attached hydrogen (secondary N) is 2. The van der Waals surface area contributed by atoms with E-state index in [1.807, 2.05) is 6.92 Å². The Balaban J connectivity index is 1.98. The molecule has 2 heterocycles. The second kappa shape index (κ2) is 5.09. The molecule has 2 aromatic rings. The highest BCUT2D eigenvalue weighted by molar-refractivity contribution is 9.10. The molecule has 17 heavy (non-hydrogen) atoms. The first kappa shape index (κ1) is 11.8. The summed E-state index contributed by atoms with van der Waals surface area (Å²) in [7, 11) is 0. The summed E-state index contributed by atoms with van der Waals surface area (Å²) < 4.78 is 0.708. The van der Waals surface area contributed by atoms with Crippen LogP contribution in [-0.2, 0) is 6.54 Å². The number of carbonyl (C=O) groups is 1. The number of hydrogen-bond donors (Lipinski definition) is 2. The summed E-state index contributed by atoms with van der Waals surface area (Å²) >= 11 is 3.22. The third-order valence-corrected chi connectivity index (χ3v) is 2.83. The summed E-state index contributed by atoms with van der Waals surface area (Å²) in [6, 6.07) is 3.45. The number of H-pyrrole nitrogens is 1. The van der Waals surface area contributed by atoms with Gasteiger partial charge in [-0.25, -0.2) is 4.98 Å². The zero-order valence-electron chi connectivity index (χ0n) is 9.20. The number of aromatic nitrogens is 3. The van der Waals surface area contributed by atoms with Gasteiger partial charge in [0.05, 0.1) is 11.8 Å². The number of aryl methyl sites for hydroxylation is 1. The van der Waals surface area contributed by atoms with Crippen LogP contribution in [-0.4, -0.2) is 21.1 Å². The van der Waals surface area contributed by atoms with Crippen LogP contribution in [0.15, 0.2) is 29.1 Å². The fourth-order valence-electron chi connectivity index (χ4n) is 1.34. The standard InChI is InChI=1S/C11H11BrN4O/c1-7-9(6-15-16-7)5-14-11(17)8-2-3-10(12)13-4-8/h2-4,6H,5H2,1H3,(H,14,17)(H,15,16). The number of carbonyl (C=O) groups excluding carboxylic acids is 1. The van der Waals surface area contributed by atoms with E-state index in [4.69, 9.17) is 0 Å². The molecule has 0 unspecified atom stereocenters. The summed E-state index contributed by atoms with van der Waals surface area (Å²) in [6.45, 7) is 2.37. The zero-order chi connectivity index (χ0) is 12.3. The first-order chi connectivity index (χ1) is 8.16. The van der Waals surface area contributed by atoms with Gasteiger partial charge in [0.1, 0.15) is 4.60 Å². The van der Waals surface area contributed by atoms with Crippen molar-refractivity contribution in [2.24, 2.45) is 0 Å². The summed E-state index contributed by atoms with van der Waals surface area (Å²) in [6.07, 6.45) is 3.23. The zero-order valence-corrected chi connectivity index (χ0v) is 10.8. The Hall–Kier alpha value is -1.69. The average Bonchev–Trinajstić information content (AvgIpc) is 2.73. The van der Waals surface area contributed by atoms with Crippen molar-refractivity contribution in [1.29, 1.82) is 0 Å². The van der Waals surface area contributed by atoms with Crippen LogP contribution in [0.4, 0.5) is 0 Å². The lowest BCUT2D eigenvalue weighted by Gasteiger charge is -2.04. The maximum Gasteiger partial charge on any atom is 0.253 e. The Bertz CT molecular complexity index is 521. The molecule has 0 aliphatic rings. The van der Waals surface area contributed by atoms with Gasteiger partial charge in [-0.05, 0) is 35.0 Å². The van der Waals surface area contributed by atoms with E-state index in [0.717, 1.165) is 11.3 Å². The molecule has 0 atom stereocenters. The minimum absolute atomic E-state index is 0.148. The van der Waals surface area contributed by atoms with Crippen LogP contribution in [0.5, 0.6) is 0 Å². The van der Waals surface area contributed by atoms with Crippen molar-refractivity contribution in [3.05, 3.63) is 46.0 Å². The fraction of sp³-hybridized carbons (Fsp3) is 0.182. The van der Waals surface area contributed by atoms with E-state index in [2.05, 4.69) is 36.4 Å². The molecule has 2 aromatic heterocycles. The van der Waals surface area contributed by atoms with Gasteiger partial charge in [-0.15, -0.1) is 0 Å². The Labute approximate surface area is 107 Å². The first-order valence-corrected chi connectivity index (χ1v) is 5.84. The number of nitrogens with zero attached hydrogens (tertiary/aromatic N) is 2. The molecule has 2 N–H and O–H groups in total. The highest BCUT2D eigenvalue weighted by atomic mass is 79.9. The summed E-state index contributed by atoms with van der Waals surface area (Å²) in [4.78, 5) is 15.8. The van der Waals surface area contributed by atoms with Crippen molar-refractivity contribution >= 4 is 21.8 Å². The maximum atomic E-state index is 11.8. The van der Waals surface area contributed by atoms with E-state index >= 15 is 0 Å². The number of halogens is 1. The molecule has 0 saturated heterocycles. The van der Waals surface area contributed by atoms with Gasteiger partial charge >= 0.3 is 0 Å². The normalized spacial score (nSPS) is 10.2. The molecule has 0 aliphatic carbocycles. The average molecular weight is 295 g/mol. The van der Waals surface area contributed by atoms with Crippen LogP contribution in [0.25, 0.3) is 0 Å². The van der Waals surface area contributed by atoms with Crippen LogP contribution < -0.4 is 5.32 Å². The van der Waals surface area contributed by atoms with Gasteiger partial charge in [-0.3, -0.25) is 9.89 Å². The molecule has 1 amide bonds. The van der Waals surface area contributed by atoms with Gasteiger partial charge < -0.3 is 5.32 Å². The predicted octanol–water partition coefficient (Wildman–Crippen LogP) is 1.81. The van der Waals surface area contributed by atoms with Crippen molar-refractivity contribution in [1.82, 2.24) is 20.5 Å². The molecule has 6 heteroatoms. The van der Waals surface area contributed by atoms with Gasteiger partial charge in [-0.2, -0.15) is 5.10 Å². The smallest absolute Gasteiger partial charge is 0.253 e. The van der Waals surface area contributed by atoms with Crippen molar-refractivity contribution in [2.45, 2.75) is 13.5 Å². The molecule has 2 rings (SSSR count). The molecule has 0 aliphatic heterocycles. The lowest BCUT2D eigenvalue weighted by atomic mass is 10.2. The van der Waals surface area contributed by atoms with Crippen LogP contribution in [0.1, 0.15) is 21.6 Å². The number of aromatic amines is 1. The highest BCUT2D eigenvalue weighted by Gasteiger charge is 2.07. The molecular weight excluding hydrogens is 284 g/mol. The van der Waals surface area contributed by atoms with Gasteiger partial charge in [0.25, 0.3) is 5.91 Å². The van der Waals surface area contributed by atoms with Crippen LogP contribution in [0, 0.1) is 6.92 Å². The molecule has 0 radical (unpaired) electrons. The number of hydrogen-bond acceptors (Lipinski definition) is 3. The minimum atomic E-state index is -0.148. The Morgan fingerprint density at radius 3 is 2.88 bits per heavy atom. The topological polar surface area (TPSA) is 70.7 Å². The number of pyridine rings is 1. The third-order valence-electron chi connectivity index (χ3n) is 2.36. The molecule has 5 nitrogen and oxygen atoms in total. The van der Waals surface area contributed by atoms with E-state index in [1.165, 1.54) is 6.20 Å². The first-order valence-electron chi connectivity index (χ1n) is 5.05. The molecule has 88 valence electrons. The Morgan fingerprint density at radius 2 is 2.29 bits per heavy atom. The largest absolute Gasteiger partial charge is 0.348 e. The van der Waals surface area contributed by atoms with Crippen molar-refractivity contribution < 1.29 is 4.79 Å². The second-order valence-electron chi connectivity index (χ2n) is 3.57. The van der Waals surface area contributed by atoms with E-state index < -0.39 is 0 Å². The molecule has 0 aromatic carbocycles. The molecule has 0 fully saturated rings. The molecule has 0 saturated carbocycles. The van der Waals surface area contributed by atoms with E-state index in [9.17, 15) is 4.79 Å². The third kappa shape index (κ3) is 2.91. The molecule has 0 spiro atoms. The second-order valence-corrected chi connectivity index (χ2v) is 4.38. The summed E-state index contributed by atoms with van der Waals surface area (Å²) in [5.41, 5.74) is 2.47. The fourth-order valence-corrected chi connectivity index (χ4v) is 1.58. The van der Waals surface area contributed by atoms with Gasteiger partial charge in [0.2, 0.25) is 0 Å². The van der Waals surface area contributed by atoms with E-state index in [-0.39, 0.29) is 5.91 Å². The molecular formula is C11H11BrN4O. The molecule has 0 bridgehead atoms. The van der Waals surface area contributed by atoms with Crippen LogP contribution >= 0.6 is 15.9 Å². The van der Waals surface area contributed by atoms with E-state index in [0.29, 0.717) is 16.7 Å². The Morgan fingerprint density at radius 1 is 1.47 bits per heavy atom. The lowest BCUT2D eigenvalue weighted by molar-refractivity contribution is 0.0950. The maximum absolute atomic E-state index is 11.8. The van der Waals surface area contributed by atoms with Gasteiger partial charge in [0.15, 0.2) is 0 Å². The minimum Gasteiger partial charge on any atom is -0.348 e.